The topological polar surface area (TPSA) is 90.6 Å². The third-order valence-electron chi connectivity index (χ3n) is 5.48. The second-order valence-corrected chi connectivity index (χ2v) is 8.01. The lowest BCUT2D eigenvalue weighted by molar-refractivity contribution is -0.117. The van der Waals surface area contributed by atoms with Crippen molar-refractivity contribution in [2.75, 3.05) is 23.7 Å². The molecule has 7 heteroatoms. The van der Waals surface area contributed by atoms with Gasteiger partial charge in [0.2, 0.25) is 0 Å². The number of aryl methyl sites for hydroxylation is 1. The number of carbonyl (C=O) groups is 1. The van der Waals surface area contributed by atoms with Crippen LogP contribution in [-0.2, 0) is 11.3 Å². The van der Waals surface area contributed by atoms with E-state index < -0.39 is 6.04 Å². The summed E-state index contributed by atoms with van der Waals surface area (Å²) in [6.45, 7) is 4.39. The van der Waals surface area contributed by atoms with E-state index in [1.54, 1.807) is 13.0 Å². The van der Waals surface area contributed by atoms with Crippen molar-refractivity contribution >= 4 is 17.4 Å². The molecule has 2 aromatic carbocycles. The van der Waals surface area contributed by atoms with E-state index in [1.165, 1.54) is 5.56 Å². The van der Waals surface area contributed by atoms with Crippen molar-refractivity contribution in [2.24, 2.45) is 0 Å². The maximum atomic E-state index is 13.1. The number of anilines is 2. The van der Waals surface area contributed by atoms with Gasteiger partial charge in [0, 0.05) is 31.4 Å². The van der Waals surface area contributed by atoms with Crippen molar-refractivity contribution in [3.8, 4) is 0 Å². The molecule has 1 saturated heterocycles. The number of hydrogen-bond donors (Lipinski definition) is 3. The van der Waals surface area contributed by atoms with E-state index in [2.05, 4.69) is 32.8 Å². The zero-order valence-corrected chi connectivity index (χ0v) is 17.6. The number of aliphatic hydroxyl groups excluding tert-OH is 1. The Hall–Kier alpha value is -3.16. The molecule has 162 valence electrons. The molecule has 4 rings (SSSR count). The number of aromatic nitrogens is 1. The number of aliphatic hydroxyl groups is 1. The molecule has 7 nitrogen and oxygen atoms in total. The molecule has 0 spiro atoms. The Morgan fingerprint density at radius 1 is 1.16 bits per heavy atom. The fourth-order valence-corrected chi connectivity index (χ4v) is 3.83. The fourth-order valence-electron chi connectivity index (χ4n) is 3.83. The van der Waals surface area contributed by atoms with Crippen molar-refractivity contribution in [1.29, 1.82) is 0 Å². The summed E-state index contributed by atoms with van der Waals surface area (Å²) in [7, 11) is 0. The van der Waals surface area contributed by atoms with Crippen molar-refractivity contribution in [3.05, 3.63) is 77.6 Å². The van der Waals surface area contributed by atoms with Crippen molar-refractivity contribution in [2.45, 2.75) is 38.5 Å². The molecule has 0 radical (unpaired) electrons. The van der Waals surface area contributed by atoms with Crippen molar-refractivity contribution in [3.63, 3.8) is 0 Å². The van der Waals surface area contributed by atoms with Crippen LogP contribution < -0.4 is 10.6 Å². The van der Waals surface area contributed by atoms with Gasteiger partial charge in [-0.15, -0.1) is 0 Å². The van der Waals surface area contributed by atoms with Crippen LogP contribution in [0.2, 0.25) is 0 Å². The van der Waals surface area contributed by atoms with Gasteiger partial charge in [-0.05, 0) is 43.0 Å². The molecule has 31 heavy (non-hydrogen) atoms. The molecule has 0 saturated carbocycles. The largest absolute Gasteiger partial charge is 0.393 e. The van der Waals surface area contributed by atoms with Gasteiger partial charge in [-0.25, -0.2) is 0 Å². The van der Waals surface area contributed by atoms with E-state index in [-0.39, 0.29) is 12.0 Å². The maximum Gasteiger partial charge on any atom is 0.252 e. The quantitative estimate of drug-likeness (QED) is 0.540. The van der Waals surface area contributed by atoms with Crippen LogP contribution in [0.1, 0.15) is 35.8 Å². The van der Waals surface area contributed by atoms with Gasteiger partial charge in [0.15, 0.2) is 5.82 Å². The van der Waals surface area contributed by atoms with E-state index in [9.17, 15) is 9.90 Å². The zero-order chi connectivity index (χ0) is 21.6. The van der Waals surface area contributed by atoms with Crippen LogP contribution in [0.15, 0.2) is 65.2 Å². The van der Waals surface area contributed by atoms with E-state index in [0.29, 0.717) is 11.6 Å². The third-order valence-corrected chi connectivity index (χ3v) is 5.48. The van der Waals surface area contributed by atoms with Gasteiger partial charge in [0.1, 0.15) is 11.8 Å². The van der Waals surface area contributed by atoms with Crippen LogP contribution in [0.5, 0.6) is 0 Å². The van der Waals surface area contributed by atoms with E-state index in [4.69, 9.17) is 4.52 Å². The Kier molecular flexibility index (Phi) is 6.64. The molecular formula is C24H28N4O3. The summed E-state index contributed by atoms with van der Waals surface area (Å²) in [6, 6.07) is 18.8. The average molecular weight is 421 g/mol. The van der Waals surface area contributed by atoms with Gasteiger partial charge < -0.3 is 20.3 Å². The molecule has 1 aliphatic rings. The standard InChI is InChI=1S/C24H28N4O3/c1-17-14-22(27-31-17)26-24(30)23(19-7-3-2-4-8-19)25-20-9-5-6-18(15-20)16-28-12-10-21(29)11-13-28/h2-9,14-15,21,23,25,29H,10-13,16H2,1H3,(H,26,27,30). The summed E-state index contributed by atoms with van der Waals surface area (Å²) in [5.41, 5.74) is 2.89. The summed E-state index contributed by atoms with van der Waals surface area (Å²) < 4.78 is 5.06. The minimum Gasteiger partial charge on any atom is -0.393 e. The highest BCUT2D eigenvalue weighted by Crippen LogP contribution is 2.23. The fraction of sp³-hybridized carbons (Fsp3) is 0.333. The van der Waals surface area contributed by atoms with Gasteiger partial charge in [-0.3, -0.25) is 9.69 Å². The van der Waals surface area contributed by atoms with Gasteiger partial charge in [-0.2, -0.15) is 0 Å². The SMILES string of the molecule is Cc1cc(NC(=O)C(Nc2cccc(CN3CCC(O)CC3)c2)c2ccccc2)no1. The van der Waals surface area contributed by atoms with E-state index >= 15 is 0 Å². The summed E-state index contributed by atoms with van der Waals surface area (Å²) in [4.78, 5) is 15.4. The molecule has 0 bridgehead atoms. The average Bonchev–Trinajstić information content (AvgIpc) is 3.19. The normalized spacial score (nSPS) is 16.1. The molecule has 3 N–H and O–H groups in total. The number of amides is 1. The van der Waals surface area contributed by atoms with Gasteiger partial charge in [0.25, 0.3) is 5.91 Å². The van der Waals surface area contributed by atoms with Gasteiger partial charge in [-0.1, -0.05) is 47.6 Å². The monoisotopic (exact) mass is 420 g/mol. The molecule has 1 atom stereocenters. The van der Waals surface area contributed by atoms with Crippen LogP contribution in [0.4, 0.5) is 11.5 Å². The summed E-state index contributed by atoms with van der Waals surface area (Å²) in [6.07, 6.45) is 1.45. The van der Waals surface area contributed by atoms with Crippen molar-refractivity contribution in [1.82, 2.24) is 10.1 Å². The van der Waals surface area contributed by atoms with E-state index in [0.717, 1.165) is 43.7 Å². The molecule has 1 fully saturated rings. The molecule has 1 amide bonds. The van der Waals surface area contributed by atoms with E-state index in [1.807, 2.05) is 42.5 Å². The summed E-state index contributed by atoms with van der Waals surface area (Å²) in [5.74, 6) is 0.818. The molecule has 3 aromatic rings. The molecule has 2 heterocycles. The highest BCUT2D eigenvalue weighted by Gasteiger charge is 2.22. The number of piperidine rings is 1. The zero-order valence-electron chi connectivity index (χ0n) is 17.6. The lowest BCUT2D eigenvalue weighted by Gasteiger charge is -2.29. The number of nitrogens with zero attached hydrogens (tertiary/aromatic N) is 2. The van der Waals surface area contributed by atoms with Gasteiger partial charge in [0.05, 0.1) is 6.10 Å². The van der Waals surface area contributed by atoms with Crippen LogP contribution in [-0.4, -0.2) is 40.3 Å². The lowest BCUT2D eigenvalue weighted by atomic mass is 10.0. The highest BCUT2D eigenvalue weighted by molar-refractivity contribution is 5.96. The predicted octanol–water partition coefficient (Wildman–Crippen LogP) is 3.73. The van der Waals surface area contributed by atoms with Gasteiger partial charge >= 0.3 is 0 Å². The molecular weight excluding hydrogens is 392 g/mol. The first-order chi connectivity index (χ1) is 15.1. The number of rotatable bonds is 7. The Balaban J connectivity index is 1.49. The Bertz CT molecular complexity index is 997. The molecule has 1 unspecified atom stereocenters. The minimum atomic E-state index is -0.585. The number of nitrogens with one attached hydrogen (secondary N) is 2. The Morgan fingerprint density at radius 2 is 1.94 bits per heavy atom. The first kappa shape index (κ1) is 21.1. The minimum absolute atomic E-state index is 0.178. The smallest absolute Gasteiger partial charge is 0.252 e. The van der Waals surface area contributed by atoms with Crippen molar-refractivity contribution < 1.29 is 14.4 Å². The summed E-state index contributed by atoms with van der Waals surface area (Å²) >= 11 is 0. The summed E-state index contributed by atoms with van der Waals surface area (Å²) in [5, 5.41) is 19.8. The predicted molar refractivity (Wildman–Crippen MR) is 120 cm³/mol. The number of likely N-dealkylation sites (tertiary alicyclic amines) is 1. The van der Waals surface area contributed by atoms with Crippen LogP contribution in [0.25, 0.3) is 0 Å². The maximum absolute atomic E-state index is 13.1. The first-order valence-corrected chi connectivity index (χ1v) is 10.6. The first-order valence-electron chi connectivity index (χ1n) is 10.6. The highest BCUT2D eigenvalue weighted by atomic mass is 16.5. The van der Waals surface area contributed by atoms with Crippen LogP contribution in [0.3, 0.4) is 0 Å². The second-order valence-electron chi connectivity index (χ2n) is 8.01. The van der Waals surface area contributed by atoms with Crippen LogP contribution >= 0.6 is 0 Å². The number of carbonyl (C=O) groups excluding carboxylic acids is 1. The molecule has 1 aliphatic heterocycles. The lowest BCUT2D eigenvalue weighted by Crippen LogP contribution is -2.35. The number of hydrogen-bond acceptors (Lipinski definition) is 6. The molecule has 0 aliphatic carbocycles. The Morgan fingerprint density at radius 3 is 2.65 bits per heavy atom. The number of benzene rings is 2. The Labute approximate surface area is 182 Å². The molecule has 1 aromatic heterocycles. The third kappa shape index (κ3) is 5.71. The second kappa shape index (κ2) is 9.76. The van der Waals surface area contributed by atoms with Crippen LogP contribution in [0, 0.1) is 6.92 Å².